The first-order valence-electron chi connectivity index (χ1n) is 9.21. The van der Waals surface area contributed by atoms with Crippen molar-refractivity contribution in [3.63, 3.8) is 0 Å². The summed E-state index contributed by atoms with van der Waals surface area (Å²) in [5.41, 5.74) is 5.31. The number of anilines is 4. The number of fused-ring (bicyclic) bond motifs is 1. The third-order valence-corrected chi connectivity index (χ3v) is 4.44. The highest BCUT2D eigenvalue weighted by atomic mass is 16.4. The largest absolute Gasteiger partial charge is 0.423 e. The molecule has 0 fully saturated rings. The second-order valence-electron chi connectivity index (χ2n) is 6.47. The molecule has 0 amide bonds. The van der Waals surface area contributed by atoms with Crippen molar-refractivity contribution >= 4 is 34.3 Å². The molecule has 0 atom stereocenters. The average Bonchev–Trinajstić information content (AvgIpc) is 3.18. The molecule has 5 rings (SSSR count). The van der Waals surface area contributed by atoms with Crippen molar-refractivity contribution in [3.05, 3.63) is 91.3 Å². The molecule has 0 saturated carbocycles. The van der Waals surface area contributed by atoms with Crippen LogP contribution in [0.2, 0.25) is 0 Å². The molecular weight excluding hydrogens is 362 g/mol. The number of nitrogens with one attached hydrogen (secondary N) is 2. The van der Waals surface area contributed by atoms with Crippen LogP contribution in [0.25, 0.3) is 22.4 Å². The highest BCUT2D eigenvalue weighted by Crippen LogP contribution is 2.24. The SMILES string of the molecule is c1ccc(-c2cc(Nc3ccc(Nc4nc5ccccc5o4)cc3)ncn2)cc1. The number of hydrogen-bond acceptors (Lipinski definition) is 6. The van der Waals surface area contributed by atoms with Gasteiger partial charge < -0.3 is 15.1 Å². The molecule has 0 spiro atoms. The summed E-state index contributed by atoms with van der Waals surface area (Å²) in [6.45, 7) is 0. The molecule has 0 aliphatic heterocycles. The summed E-state index contributed by atoms with van der Waals surface area (Å²) < 4.78 is 5.70. The van der Waals surface area contributed by atoms with Gasteiger partial charge in [0.1, 0.15) is 17.7 Å². The Hall–Kier alpha value is -4.19. The quantitative estimate of drug-likeness (QED) is 0.404. The minimum absolute atomic E-state index is 0.468. The van der Waals surface area contributed by atoms with E-state index < -0.39 is 0 Å². The molecule has 2 heterocycles. The van der Waals surface area contributed by atoms with Gasteiger partial charge in [-0.05, 0) is 36.4 Å². The van der Waals surface area contributed by atoms with Crippen LogP contribution in [-0.4, -0.2) is 15.0 Å². The number of benzene rings is 3. The molecule has 0 aliphatic rings. The Morgan fingerprint density at radius 1 is 0.690 bits per heavy atom. The van der Waals surface area contributed by atoms with E-state index in [9.17, 15) is 0 Å². The van der Waals surface area contributed by atoms with Gasteiger partial charge in [-0.2, -0.15) is 4.98 Å². The monoisotopic (exact) mass is 379 g/mol. The molecule has 3 aromatic carbocycles. The Bertz CT molecular complexity index is 1220. The van der Waals surface area contributed by atoms with E-state index in [2.05, 4.69) is 25.6 Å². The van der Waals surface area contributed by atoms with Crippen LogP contribution in [0.15, 0.2) is 95.7 Å². The lowest BCUT2D eigenvalue weighted by molar-refractivity contribution is 0.623. The fourth-order valence-corrected chi connectivity index (χ4v) is 3.03. The molecular formula is C23H17N5O. The van der Waals surface area contributed by atoms with Gasteiger partial charge in [-0.15, -0.1) is 0 Å². The van der Waals surface area contributed by atoms with Gasteiger partial charge in [-0.25, -0.2) is 9.97 Å². The van der Waals surface area contributed by atoms with E-state index in [4.69, 9.17) is 4.42 Å². The predicted octanol–water partition coefficient (Wildman–Crippen LogP) is 5.77. The Morgan fingerprint density at radius 2 is 1.41 bits per heavy atom. The van der Waals surface area contributed by atoms with Crippen LogP contribution in [-0.2, 0) is 0 Å². The van der Waals surface area contributed by atoms with Gasteiger partial charge >= 0.3 is 0 Å². The number of rotatable bonds is 5. The van der Waals surface area contributed by atoms with E-state index in [1.54, 1.807) is 6.33 Å². The molecule has 6 nitrogen and oxygen atoms in total. The maximum absolute atomic E-state index is 5.70. The van der Waals surface area contributed by atoms with Gasteiger partial charge in [0.25, 0.3) is 6.01 Å². The fraction of sp³-hybridized carbons (Fsp3) is 0. The van der Waals surface area contributed by atoms with E-state index in [-0.39, 0.29) is 0 Å². The van der Waals surface area contributed by atoms with Gasteiger partial charge in [0.2, 0.25) is 0 Å². The van der Waals surface area contributed by atoms with Crippen molar-refractivity contribution in [1.82, 2.24) is 15.0 Å². The van der Waals surface area contributed by atoms with Gasteiger partial charge in [-0.1, -0.05) is 42.5 Å². The van der Waals surface area contributed by atoms with Gasteiger partial charge in [0.15, 0.2) is 5.58 Å². The lowest BCUT2D eigenvalue weighted by Crippen LogP contribution is -1.96. The predicted molar refractivity (Wildman–Crippen MR) is 114 cm³/mol. The molecule has 2 aromatic heterocycles. The van der Waals surface area contributed by atoms with Crippen LogP contribution in [0.4, 0.5) is 23.2 Å². The van der Waals surface area contributed by atoms with Crippen LogP contribution in [0.5, 0.6) is 0 Å². The van der Waals surface area contributed by atoms with Crippen LogP contribution < -0.4 is 10.6 Å². The second kappa shape index (κ2) is 7.44. The topological polar surface area (TPSA) is 75.9 Å². The molecule has 0 saturated heterocycles. The molecule has 0 unspecified atom stereocenters. The number of oxazole rings is 1. The molecule has 29 heavy (non-hydrogen) atoms. The zero-order chi connectivity index (χ0) is 19.5. The zero-order valence-corrected chi connectivity index (χ0v) is 15.4. The molecule has 5 aromatic rings. The maximum Gasteiger partial charge on any atom is 0.300 e. The standard InChI is InChI=1S/C23H17N5O/c1-2-6-16(7-3-1)20-14-22(25-15-24-20)26-17-10-12-18(13-11-17)27-23-28-19-8-4-5-9-21(19)29-23/h1-15H,(H,27,28)(H,24,25,26). The number of nitrogens with zero attached hydrogens (tertiary/aromatic N) is 3. The summed E-state index contributed by atoms with van der Waals surface area (Å²) in [5, 5.41) is 6.49. The van der Waals surface area contributed by atoms with Gasteiger partial charge in [0.05, 0.1) is 5.69 Å². The third kappa shape index (κ3) is 3.77. The van der Waals surface area contributed by atoms with Gasteiger partial charge in [0, 0.05) is 23.0 Å². The Labute approximate surface area is 167 Å². The summed E-state index contributed by atoms with van der Waals surface area (Å²) in [6, 6.07) is 27.9. The molecule has 6 heteroatoms. The fourth-order valence-electron chi connectivity index (χ4n) is 3.03. The summed E-state index contributed by atoms with van der Waals surface area (Å²) in [6.07, 6.45) is 1.56. The molecule has 0 bridgehead atoms. The lowest BCUT2D eigenvalue weighted by atomic mass is 10.1. The zero-order valence-electron chi connectivity index (χ0n) is 15.4. The van der Waals surface area contributed by atoms with Crippen molar-refractivity contribution in [2.24, 2.45) is 0 Å². The first-order chi connectivity index (χ1) is 14.3. The van der Waals surface area contributed by atoms with Crippen LogP contribution >= 0.6 is 0 Å². The highest BCUT2D eigenvalue weighted by molar-refractivity contribution is 5.75. The number of aromatic nitrogens is 3. The van der Waals surface area contributed by atoms with Crippen molar-refractivity contribution in [1.29, 1.82) is 0 Å². The molecule has 140 valence electrons. The Kier molecular flexibility index (Phi) is 4.35. The van der Waals surface area contributed by atoms with Crippen LogP contribution in [0, 0.1) is 0 Å². The normalized spacial score (nSPS) is 10.8. The first kappa shape index (κ1) is 16.9. The summed E-state index contributed by atoms with van der Waals surface area (Å²) in [5.74, 6) is 0.735. The number of hydrogen-bond donors (Lipinski definition) is 2. The Morgan fingerprint density at radius 3 is 2.21 bits per heavy atom. The van der Waals surface area contributed by atoms with Crippen molar-refractivity contribution in [3.8, 4) is 11.3 Å². The summed E-state index contributed by atoms with van der Waals surface area (Å²) in [7, 11) is 0. The van der Waals surface area contributed by atoms with Gasteiger partial charge in [-0.3, -0.25) is 0 Å². The van der Waals surface area contributed by atoms with E-state index in [0.717, 1.165) is 39.5 Å². The maximum atomic E-state index is 5.70. The van der Waals surface area contributed by atoms with E-state index >= 15 is 0 Å². The van der Waals surface area contributed by atoms with Crippen molar-refractivity contribution in [2.75, 3.05) is 10.6 Å². The van der Waals surface area contributed by atoms with E-state index in [1.807, 2.05) is 84.9 Å². The second-order valence-corrected chi connectivity index (χ2v) is 6.47. The minimum Gasteiger partial charge on any atom is -0.423 e. The summed E-state index contributed by atoms with van der Waals surface area (Å²) in [4.78, 5) is 13.1. The van der Waals surface area contributed by atoms with E-state index in [1.165, 1.54) is 0 Å². The third-order valence-electron chi connectivity index (χ3n) is 4.44. The Balaban J connectivity index is 1.30. The van der Waals surface area contributed by atoms with Crippen molar-refractivity contribution in [2.45, 2.75) is 0 Å². The van der Waals surface area contributed by atoms with Crippen LogP contribution in [0.1, 0.15) is 0 Å². The molecule has 2 N–H and O–H groups in total. The lowest BCUT2D eigenvalue weighted by Gasteiger charge is -2.08. The average molecular weight is 379 g/mol. The first-order valence-corrected chi connectivity index (χ1v) is 9.21. The molecule has 0 radical (unpaired) electrons. The summed E-state index contributed by atoms with van der Waals surface area (Å²) >= 11 is 0. The highest BCUT2D eigenvalue weighted by Gasteiger charge is 2.06. The smallest absolute Gasteiger partial charge is 0.300 e. The molecule has 0 aliphatic carbocycles. The van der Waals surface area contributed by atoms with Crippen LogP contribution in [0.3, 0.4) is 0 Å². The van der Waals surface area contributed by atoms with E-state index in [0.29, 0.717) is 6.01 Å². The van der Waals surface area contributed by atoms with Crippen molar-refractivity contribution < 1.29 is 4.42 Å². The minimum atomic E-state index is 0.468. The number of para-hydroxylation sites is 2.